The number of aromatic nitrogens is 1. The molecule has 0 unspecified atom stereocenters. The quantitative estimate of drug-likeness (QED) is 0.140. The number of rotatable bonds is 9. The lowest BCUT2D eigenvalue weighted by Crippen LogP contribution is -2.28. The maximum atomic E-state index is 2.52. The topological polar surface area (TPSA) is 8.17 Å². The third-order valence-electron chi connectivity index (χ3n) is 15.9. The fraction of sp³-hybridized carbons (Fsp3) is 0.0137. The first-order chi connectivity index (χ1) is 37.7. The highest BCUT2D eigenvalue weighted by Gasteiger charge is 2.46. The smallest absolute Gasteiger partial charge is 0.0713 e. The summed E-state index contributed by atoms with van der Waals surface area (Å²) in [7, 11) is 0. The Morgan fingerprint density at radius 3 is 1.64 bits per heavy atom. The molecule has 0 radical (unpaired) electrons. The molecule has 0 bridgehead atoms. The van der Waals surface area contributed by atoms with E-state index in [0.717, 1.165) is 22.6 Å². The van der Waals surface area contributed by atoms with E-state index in [1.54, 1.807) is 0 Å². The molecular formula is C73H48N2S. The van der Waals surface area contributed by atoms with Crippen molar-refractivity contribution in [1.29, 1.82) is 0 Å². The zero-order valence-electron chi connectivity index (χ0n) is 41.5. The largest absolute Gasteiger partial charge is 0.310 e. The lowest BCUT2D eigenvalue weighted by molar-refractivity contribution is 0.768. The summed E-state index contributed by atoms with van der Waals surface area (Å²) in [4.78, 5) is 2.43. The van der Waals surface area contributed by atoms with Gasteiger partial charge in [-0.2, -0.15) is 0 Å². The van der Waals surface area contributed by atoms with Crippen LogP contribution in [-0.4, -0.2) is 4.57 Å². The molecule has 0 saturated heterocycles. The van der Waals surface area contributed by atoms with Crippen LogP contribution in [0.1, 0.15) is 22.3 Å². The first kappa shape index (κ1) is 44.0. The Bertz CT molecular complexity index is 4460. The van der Waals surface area contributed by atoms with Crippen molar-refractivity contribution in [2.24, 2.45) is 0 Å². The van der Waals surface area contributed by atoms with E-state index in [2.05, 4.69) is 301 Å². The van der Waals surface area contributed by atoms with Crippen LogP contribution in [0.2, 0.25) is 0 Å². The zero-order valence-corrected chi connectivity index (χ0v) is 42.3. The normalized spacial score (nSPS) is 12.6. The molecule has 2 nitrogen and oxygen atoms in total. The molecule has 76 heavy (non-hydrogen) atoms. The monoisotopic (exact) mass is 984 g/mol. The number of thiophene rings is 1. The Morgan fingerprint density at radius 1 is 0.329 bits per heavy atom. The van der Waals surface area contributed by atoms with Crippen LogP contribution in [0.3, 0.4) is 0 Å². The number of hydrogen-bond donors (Lipinski definition) is 0. The van der Waals surface area contributed by atoms with E-state index in [0.29, 0.717) is 0 Å². The van der Waals surface area contributed by atoms with Crippen molar-refractivity contribution in [3.8, 4) is 50.2 Å². The van der Waals surface area contributed by atoms with Crippen molar-refractivity contribution in [1.82, 2.24) is 4.57 Å². The summed E-state index contributed by atoms with van der Waals surface area (Å²) >= 11 is 1.90. The van der Waals surface area contributed by atoms with Crippen LogP contribution in [0.15, 0.2) is 291 Å². The molecule has 0 amide bonds. The SMILES string of the molecule is c1ccc(-c2ccc(N(c3ccc4c5ccccc5n(-c5cccc6sc7c(-c8ccc9c(c8)-c8ccccc8C9(c8ccccc8)c8ccccc8)cccc7c56)c4c3)c3ccccc3-c3ccccc3)cc2)cc1. The van der Waals surface area contributed by atoms with Gasteiger partial charge >= 0.3 is 0 Å². The maximum Gasteiger partial charge on any atom is 0.0713 e. The van der Waals surface area contributed by atoms with Crippen molar-refractivity contribution in [3.63, 3.8) is 0 Å². The third kappa shape index (κ3) is 6.79. The van der Waals surface area contributed by atoms with E-state index in [4.69, 9.17) is 0 Å². The fourth-order valence-electron chi connectivity index (χ4n) is 12.6. The maximum absolute atomic E-state index is 2.52. The lowest BCUT2D eigenvalue weighted by Gasteiger charge is -2.33. The summed E-state index contributed by atoms with van der Waals surface area (Å²) in [6.07, 6.45) is 0. The summed E-state index contributed by atoms with van der Waals surface area (Å²) in [5.74, 6) is 0. The van der Waals surface area contributed by atoms with Gasteiger partial charge in [-0.1, -0.05) is 237 Å². The molecule has 0 saturated carbocycles. The summed E-state index contributed by atoms with van der Waals surface area (Å²) in [5.41, 5.74) is 21.3. The van der Waals surface area contributed by atoms with Crippen LogP contribution in [0.4, 0.5) is 17.1 Å². The predicted molar refractivity (Wildman–Crippen MR) is 322 cm³/mol. The van der Waals surface area contributed by atoms with Gasteiger partial charge in [0.2, 0.25) is 0 Å². The second kappa shape index (κ2) is 17.8. The second-order valence-corrected chi connectivity index (χ2v) is 21.0. The Balaban J connectivity index is 0.917. The van der Waals surface area contributed by atoms with Crippen LogP contribution < -0.4 is 4.90 Å². The summed E-state index contributed by atoms with van der Waals surface area (Å²) < 4.78 is 5.07. The van der Waals surface area contributed by atoms with Crippen molar-refractivity contribution >= 4 is 70.4 Å². The highest BCUT2D eigenvalue weighted by molar-refractivity contribution is 7.26. The highest BCUT2D eigenvalue weighted by atomic mass is 32.1. The molecule has 0 spiro atoms. The van der Waals surface area contributed by atoms with Gasteiger partial charge in [0.1, 0.15) is 0 Å². The molecule has 14 aromatic rings. The molecule has 15 rings (SSSR count). The Morgan fingerprint density at radius 2 is 0.882 bits per heavy atom. The minimum Gasteiger partial charge on any atom is -0.310 e. The third-order valence-corrected chi connectivity index (χ3v) is 17.1. The van der Waals surface area contributed by atoms with E-state index in [1.807, 2.05) is 11.3 Å². The summed E-state index contributed by atoms with van der Waals surface area (Å²) in [5, 5.41) is 4.97. The van der Waals surface area contributed by atoms with Gasteiger partial charge in [-0.3, -0.25) is 0 Å². The van der Waals surface area contributed by atoms with Gasteiger partial charge in [-0.25, -0.2) is 0 Å². The zero-order chi connectivity index (χ0) is 50.2. The molecule has 0 atom stereocenters. The van der Waals surface area contributed by atoms with Gasteiger partial charge in [0.25, 0.3) is 0 Å². The number of para-hydroxylation sites is 2. The first-order valence-corrected chi connectivity index (χ1v) is 27.0. The van der Waals surface area contributed by atoms with E-state index in [1.165, 1.54) is 109 Å². The molecule has 2 aromatic heterocycles. The van der Waals surface area contributed by atoms with E-state index in [-0.39, 0.29) is 0 Å². The molecule has 0 aliphatic heterocycles. The van der Waals surface area contributed by atoms with Crippen molar-refractivity contribution in [2.45, 2.75) is 5.41 Å². The lowest BCUT2D eigenvalue weighted by atomic mass is 9.67. The molecule has 2 heterocycles. The summed E-state index contributed by atoms with van der Waals surface area (Å²) in [6, 6.07) is 107. The van der Waals surface area contributed by atoms with Crippen LogP contribution in [0.25, 0.3) is 92.2 Å². The van der Waals surface area contributed by atoms with E-state index >= 15 is 0 Å². The molecule has 3 heteroatoms. The van der Waals surface area contributed by atoms with E-state index in [9.17, 15) is 0 Å². The first-order valence-electron chi connectivity index (χ1n) is 26.2. The Hall–Kier alpha value is -9.54. The predicted octanol–water partition coefficient (Wildman–Crippen LogP) is 20.0. The number of anilines is 3. The Labute approximate surface area is 446 Å². The second-order valence-electron chi connectivity index (χ2n) is 19.9. The average Bonchev–Trinajstić information content (AvgIpc) is 4.22. The molecule has 1 aliphatic carbocycles. The fourth-order valence-corrected chi connectivity index (χ4v) is 13.9. The van der Waals surface area contributed by atoms with Crippen LogP contribution >= 0.6 is 11.3 Å². The van der Waals surface area contributed by atoms with Gasteiger partial charge in [-0.15, -0.1) is 11.3 Å². The van der Waals surface area contributed by atoms with Crippen LogP contribution in [0.5, 0.6) is 0 Å². The number of hydrogen-bond acceptors (Lipinski definition) is 2. The molecule has 0 N–H and O–H groups in total. The highest BCUT2D eigenvalue weighted by Crippen LogP contribution is 2.57. The molecule has 0 fully saturated rings. The van der Waals surface area contributed by atoms with Gasteiger partial charge in [0.15, 0.2) is 0 Å². The molecule has 1 aliphatic rings. The van der Waals surface area contributed by atoms with Crippen molar-refractivity contribution in [2.75, 3.05) is 4.90 Å². The number of benzene rings is 12. The number of fused-ring (bicyclic) bond motifs is 9. The average molecular weight is 985 g/mol. The minimum absolute atomic E-state index is 0.441. The van der Waals surface area contributed by atoms with Gasteiger partial charge < -0.3 is 9.47 Å². The van der Waals surface area contributed by atoms with Crippen LogP contribution in [-0.2, 0) is 5.41 Å². The molecule has 12 aromatic carbocycles. The number of nitrogens with zero attached hydrogens (tertiary/aromatic N) is 2. The van der Waals surface area contributed by atoms with E-state index < -0.39 is 5.41 Å². The van der Waals surface area contributed by atoms with Gasteiger partial charge in [0.05, 0.1) is 27.8 Å². The summed E-state index contributed by atoms with van der Waals surface area (Å²) in [6.45, 7) is 0. The standard InChI is InChI=1S/C73H48N2S/c1-5-21-49(22-6-1)50-39-42-55(43-40-50)74(66-35-17-14-29-57(66)51-23-7-2-8-24-51)56-44-45-61-60-31-15-18-36-67(60)75(69(61)48-56)68-37-20-38-70-71(68)62-33-19-32-58(72(62)76-70)52-41-46-65-63(47-52)59-30-13-16-34-64(59)73(65,53-25-9-3-10-26-53)54-27-11-4-12-28-54/h1-48H. The van der Waals surface area contributed by atoms with Crippen molar-refractivity contribution < 1.29 is 0 Å². The van der Waals surface area contributed by atoms with Gasteiger partial charge in [-0.05, 0) is 116 Å². The van der Waals surface area contributed by atoms with Crippen molar-refractivity contribution in [3.05, 3.63) is 313 Å². The van der Waals surface area contributed by atoms with Crippen LogP contribution in [0, 0.1) is 0 Å². The molecular weight excluding hydrogens is 937 g/mol. The minimum atomic E-state index is -0.441. The molecule has 356 valence electrons. The Kier molecular flexibility index (Phi) is 10.3. The van der Waals surface area contributed by atoms with Gasteiger partial charge in [0, 0.05) is 47.9 Å².